The molecule has 1 aromatic heterocycles. The molecule has 13 heteroatoms. The van der Waals surface area contributed by atoms with Gasteiger partial charge in [-0.3, -0.25) is 14.4 Å². The number of aromatic hydroxyl groups is 9. The summed E-state index contributed by atoms with van der Waals surface area (Å²) in [7, 11) is 0. The molecular formula is C31H22O13. The van der Waals surface area contributed by atoms with E-state index in [0.717, 1.165) is 36.4 Å². The second kappa shape index (κ2) is 10.2. The Morgan fingerprint density at radius 1 is 0.523 bits per heavy atom. The number of aryl methyl sites for hydroxylation is 2. The normalized spacial score (nSPS) is 12.0. The largest absolute Gasteiger partial charge is 0.508 e. The molecule has 1 aliphatic carbocycles. The first-order valence-electron chi connectivity index (χ1n) is 12.6. The van der Waals surface area contributed by atoms with Gasteiger partial charge < -0.3 is 50.4 Å². The number of carbonyl (C=O) groups is 2. The average molecular weight is 603 g/mol. The fourth-order valence-corrected chi connectivity index (χ4v) is 4.87. The lowest BCUT2D eigenvalue weighted by Gasteiger charge is -2.22. The topological polar surface area (TPSA) is 246 Å². The number of hydrogen-bond acceptors (Lipinski definition) is 13. The van der Waals surface area contributed by atoms with Crippen LogP contribution < -0.4 is 5.43 Å². The zero-order valence-electron chi connectivity index (χ0n) is 22.7. The van der Waals surface area contributed by atoms with Crippen molar-refractivity contribution in [3.05, 3.63) is 86.1 Å². The van der Waals surface area contributed by atoms with Gasteiger partial charge in [-0.1, -0.05) is 0 Å². The third-order valence-corrected chi connectivity index (χ3v) is 7.02. The maximum Gasteiger partial charge on any atom is 0.238 e. The van der Waals surface area contributed by atoms with Crippen molar-refractivity contribution in [1.29, 1.82) is 0 Å². The van der Waals surface area contributed by atoms with E-state index in [1.807, 2.05) is 0 Å². The van der Waals surface area contributed by atoms with E-state index in [-0.39, 0.29) is 67.2 Å². The first-order chi connectivity index (χ1) is 20.6. The molecule has 6 rings (SSSR count). The van der Waals surface area contributed by atoms with E-state index in [1.165, 1.54) is 19.9 Å². The van der Waals surface area contributed by atoms with Gasteiger partial charge in [0, 0.05) is 17.7 Å². The van der Waals surface area contributed by atoms with Gasteiger partial charge in [0.25, 0.3) is 0 Å². The molecule has 0 saturated carbocycles. The molecule has 44 heavy (non-hydrogen) atoms. The van der Waals surface area contributed by atoms with Gasteiger partial charge in [0.15, 0.2) is 17.3 Å². The summed E-state index contributed by atoms with van der Waals surface area (Å²) in [4.78, 5) is 37.3. The van der Waals surface area contributed by atoms with E-state index in [4.69, 9.17) is 4.42 Å². The number of benzene rings is 4. The van der Waals surface area contributed by atoms with Gasteiger partial charge in [0.05, 0.1) is 22.3 Å². The van der Waals surface area contributed by atoms with Crippen LogP contribution in [-0.4, -0.2) is 57.5 Å². The second-order valence-corrected chi connectivity index (χ2v) is 9.93. The minimum absolute atomic E-state index is 0.134. The Balaban J connectivity index is 0.000000175. The van der Waals surface area contributed by atoms with Crippen LogP contribution in [0.25, 0.3) is 22.3 Å². The molecule has 13 nitrogen and oxygen atoms in total. The van der Waals surface area contributed by atoms with E-state index in [1.54, 1.807) is 0 Å². The minimum atomic E-state index is -0.888. The van der Waals surface area contributed by atoms with Crippen molar-refractivity contribution >= 4 is 22.5 Å². The number of hydrogen-bond donors (Lipinski definition) is 9. The van der Waals surface area contributed by atoms with E-state index >= 15 is 0 Å². The highest BCUT2D eigenvalue weighted by Gasteiger charge is 2.39. The molecule has 0 fully saturated rings. The molecule has 0 radical (unpaired) electrons. The van der Waals surface area contributed by atoms with Crippen LogP contribution in [0.5, 0.6) is 51.7 Å². The molecule has 5 aromatic rings. The van der Waals surface area contributed by atoms with Gasteiger partial charge in [0.2, 0.25) is 22.7 Å². The standard InChI is InChI=1S/C16H12O6.C15H10O7/c1-5-3-7(17)9-11(13(5)19)15(21)10-8(18)4-6(2)14(20)12(10)16(9)22;16-7-4-10(19)12-11(5-7)22-15(14(21)13(12)20)6-1-2-8(17)9(18)3-6/h3-4,17-20H,1-2H3;1-5,16-19,21H. The Bertz CT molecular complexity index is 2070. The van der Waals surface area contributed by atoms with E-state index in [2.05, 4.69) is 0 Å². The van der Waals surface area contributed by atoms with Crippen LogP contribution in [0.15, 0.2) is 51.7 Å². The van der Waals surface area contributed by atoms with Crippen LogP contribution in [-0.2, 0) is 0 Å². The predicted octanol–water partition coefficient (Wildman–Crippen LogP) is 3.89. The highest BCUT2D eigenvalue weighted by Crippen LogP contribution is 2.45. The van der Waals surface area contributed by atoms with Gasteiger partial charge in [-0.05, 0) is 55.3 Å². The third kappa shape index (κ3) is 4.39. The number of fused-ring (bicyclic) bond motifs is 3. The molecule has 0 unspecified atom stereocenters. The summed E-state index contributed by atoms with van der Waals surface area (Å²) in [6.07, 6.45) is 0. The maximum atomic E-state index is 12.6. The van der Waals surface area contributed by atoms with E-state index in [9.17, 15) is 60.3 Å². The zero-order valence-corrected chi connectivity index (χ0v) is 22.7. The number of carbonyl (C=O) groups excluding carboxylic acids is 2. The molecule has 0 bridgehead atoms. The molecule has 4 aromatic carbocycles. The molecule has 224 valence electrons. The summed E-state index contributed by atoms with van der Waals surface area (Å²) in [6, 6.07) is 7.97. The van der Waals surface area contributed by atoms with Crippen molar-refractivity contribution in [2.24, 2.45) is 0 Å². The van der Waals surface area contributed by atoms with Crippen LogP contribution in [0.2, 0.25) is 0 Å². The number of rotatable bonds is 1. The smallest absolute Gasteiger partial charge is 0.238 e. The molecule has 0 atom stereocenters. The molecule has 1 aliphatic rings. The molecule has 9 N–H and O–H groups in total. The molecule has 0 aliphatic heterocycles. The van der Waals surface area contributed by atoms with E-state index < -0.39 is 57.2 Å². The van der Waals surface area contributed by atoms with Crippen LogP contribution >= 0.6 is 0 Å². The monoisotopic (exact) mass is 602 g/mol. The molecule has 0 spiro atoms. The summed E-state index contributed by atoms with van der Waals surface area (Å²) in [5.41, 5.74) is -1.93. The third-order valence-electron chi connectivity index (χ3n) is 7.02. The van der Waals surface area contributed by atoms with Crippen LogP contribution in [0.1, 0.15) is 43.0 Å². The highest BCUT2D eigenvalue weighted by atomic mass is 16.4. The van der Waals surface area contributed by atoms with Crippen LogP contribution in [0.3, 0.4) is 0 Å². The van der Waals surface area contributed by atoms with Gasteiger partial charge in [-0.15, -0.1) is 0 Å². The lowest BCUT2D eigenvalue weighted by Crippen LogP contribution is -2.22. The predicted molar refractivity (Wildman–Crippen MR) is 152 cm³/mol. The summed E-state index contributed by atoms with van der Waals surface area (Å²) >= 11 is 0. The van der Waals surface area contributed by atoms with E-state index in [0.29, 0.717) is 0 Å². The Morgan fingerprint density at radius 2 is 1.05 bits per heavy atom. The van der Waals surface area contributed by atoms with Gasteiger partial charge in [0.1, 0.15) is 45.5 Å². The lowest BCUT2D eigenvalue weighted by molar-refractivity contribution is 0.0969. The molecule has 1 heterocycles. The van der Waals surface area contributed by atoms with Gasteiger partial charge in [-0.2, -0.15) is 0 Å². The Kier molecular flexibility index (Phi) is 6.73. The SMILES string of the molecule is Cc1cc(O)c2c(c1O)C(=O)c1c(O)cc(C)c(O)c1C2=O.O=c1c(O)c(-c2ccc(O)c(O)c2)oc2cc(O)cc(O)c12. The lowest BCUT2D eigenvalue weighted by atomic mass is 9.80. The highest BCUT2D eigenvalue weighted by molar-refractivity contribution is 6.32. The average Bonchev–Trinajstić information content (AvgIpc) is 2.94. The number of phenolic OH excluding ortho intramolecular Hbond substituents is 8. The van der Waals surface area contributed by atoms with Crippen molar-refractivity contribution in [2.45, 2.75) is 13.8 Å². The Hall–Kier alpha value is -6.37. The fourth-order valence-electron chi connectivity index (χ4n) is 4.87. The first-order valence-corrected chi connectivity index (χ1v) is 12.6. The van der Waals surface area contributed by atoms with Gasteiger partial charge >= 0.3 is 0 Å². The molecular weight excluding hydrogens is 580 g/mol. The quantitative estimate of drug-likeness (QED) is 0.0958. The van der Waals surface area contributed by atoms with Crippen molar-refractivity contribution in [3.8, 4) is 63.1 Å². The minimum Gasteiger partial charge on any atom is -0.508 e. The van der Waals surface area contributed by atoms with Crippen molar-refractivity contribution in [2.75, 3.05) is 0 Å². The number of ketones is 2. The Labute approximate surface area is 245 Å². The first kappa shape index (κ1) is 29.1. The van der Waals surface area contributed by atoms with Crippen LogP contribution in [0.4, 0.5) is 0 Å². The van der Waals surface area contributed by atoms with Crippen molar-refractivity contribution in [3.63, 3.8) is 0 Å². The van der Waals surface area contributed by atoms with Gasteiger partial charge in [-0.25, -0.2) is 0 Å². The maximum absolute atomic E-state index is 12.6. The fraction of sp³-hybridized carbons (Fsp3) is 0.0645. The zero-order chi connectivity index (χ0) is 32.4. The summed E-state index contributed by atoms with van der Waals surface area (Å²) in [5, 5.41) is 87.7. The van der Waals surface area contributed by atoms with Crippen LogP contribution in [0, 0.1) is 13.8 Å². The van der Waals surface area contributed by atoms with Crippen molar-refractivity contribution in [1.82, 2.24) is 0 Å². The number of phenols is 8. The summed E-state index contributed by atoms with van der Waals surface area (Å²) in [5.74, 6) is -6.16. The summed E-state index contributed by atoms with van der Waals surface area (Å²) < 4.78 is 5.35. The summed E-state index contributed by atoms with van der Waals surface area (Å²) in [6.45, 7) is 2.93. The second-order valence-electron chi connectivity index (χ2n) is 9.93. The molecule has 0 amide bonds. The van der Waals surface area contributed by atoms with Crippen molar-refractivity contribution < 1.29 is 60.0 Å². The molecule has 0 saturated heterocycles. The Morgan fingerprint density at radius 3 is 1.55 bits per heavy atom.